The molecule has 1 aromatic carbocycles. The fraction of sp³-hybridized carbons (Fsp3) is 0.308. The van der Waals surface area contributed by atoms with Crippen molar-refractivity contribution in [1.29, 1.82) is 5.26 Å². The van der Waals surface area contributed by atoms with Gasteiger partial charge in [0.25, 0.3) is 0 Å². The molecule has 0 aliphatic rings. The van der Waals surface area contributed by atoms with Crippen molar-refractivity contribution >= 4 is 0 Å². The highest BCUT2D eigenvalue weighted by Gasteiger charge is 2.07. The molecule has 0 spiro atoms. The summed E-state index contributed by atoms with van der Waals surface area (Å²) in [5.74, 6) is 5.18. The summed E-state index contributed by atoms with van der Waals surface area (Å²) in [4.78, 5) is 0. The fourth-order valence-corrected chi connectivity index (χ4v) is 1.30. The van der Waals surface area contributed by atoms with Crippen LogP contribution in [-0.4, -0.2) is 6.54 Å². The number of hydrogen-bond acceptors (Lipinski definition) is 2. The molecule has 0 aromatic heterocycles. The summed E-state index contributed by atoms with van der Waals surface area (Å²) < 4.78 is 13.3. The van der Waals surface area contributed by atoms with Gasteiger partial charge in [0.1, 0.15) is 11.9 Å². The van der Waals surface area contributed by atoms with E-state index in [1.807, 2.05) is 6.92 Å². The predicted octanol–water partition coefficient (Wildman–Crippen LogP) is 2.37. The summed E-state index contributed by atoms with van der Waals surface area (Å²) in [6.45, 7) is 4.27. The third-order valence-electron chi connectivity index (χ3n) is 2.29. The van der Waals surface area contributed by atoms with E-state index < -0.39 is 5.82 Å². The third-order valence-corrected chi connectivity index (χ3v) is 2.29. The lowest BCUT2D eigenvalue weighted by Gasteiger charge is -2.12. The quantitative estimate of drug-likeness (QED) is 0.787. The number of nitrogens with one attached hydrogen (secondary N) is 1. The Bertz CT molecular complexity index is 463. The minimum atomic E-state index is -0.477. The lowest BCUT2D eigenvalue weighted by Crippen LogP contribution is -2.18. The molecule has 0 saturated carbocycles. The van der Waals surface area contributed by atoms with Gasteiger partial charge in [-0.1, -0.05) is 12.0 Å². The summed E-state index contributed by atoms with van der Waals surface area (Å²) in [7, 11) is 0. The lowest BCUT2D eigenvalue weighted by atomic mass is 10.1. The Morgan fingerprint density at radius 1 is 1.50 bits per heavy atom. The van der Waals surface area contributed by atoms with Crippen molar-refractivity contribution in [2.45, 2.75) is 19.9 Å². The zero-order valence-electron chi connectivity index (χ0n) is 9.34. The highest BCUT2D eigenvalue weighted by Crippen LogP contribution is 2.15. The highest BCUT2D eigenvalue weighted by molar-refractivity contribution is 5.34. The molecule has 0 radical (unpaired) electrons. The smallest absolute Gasteiger partial charge is 0.141 e. The molecule has 1 unspecified atom stereocenters. The largest absolute Gasteiger partial charge is 0.300 e. The summed E-state index contributed by atoms with van der Waals surface area (Å²) in [5.41, 5.74) is 0.888. The third kappa shape index (κ3) is 3.08. The normalized spacial score (nSPS) is 11.1. The number of hydrogen-bond donors (Lipinski definition) is 1. The zero-order valence-corrected chi connectivity index (χ0v) is 9.34. The van der Waals surface area contributed by atoms with E-state index in [4.69, 9.17) is 5.26 Å². The molecule has 82 valence electrons. The van der Waals surface area contributed by atoms with Crippen molar-refractivity contribution in [1.82, 2.24) is 5.32 Å². The van der Waals surface area contributed by atoms with Gasteiger partial charge < -0.3 is 0 Å². The van der Waals surface area contributed by atoms with Crippen molar-refractivity contribution in [3.05, 3.63) is 35.1 Å². The van der Waals surface area contributed by atoms with Crippen LogP contribution in [0.3, 0.4) is 0 Å². The minimum absolute atomic E-state index is 0.0168. The molecule has 0 heterocycles. The average molecular weight is 216 g/mol. The molecule has 0 amide bonds. The first-order valence-electron chi connectivity index (χ1n) is 5.01. The van der Waals surface area contributed by atoms with Crippen LogP contribution in [0.5, 0.6) is 0 Å². The Hall–Kier alpha value is -1.84. The highest BCUT2D eigenvalue weighted by atomic mass is 19.1. The van der Waals surface area contributed by atoms with E-state index >= 15 is 0 Å². The van der Waals surface area contributed by atoms with Crippen molar-refractivity contribution in [3.63, 3.8) is 0 Å². The molecule has 1 N–H and O–H groups in total. The van der Waals surface area contributed by atoms with Gasteiger partial charge in [0, 0.05) is 6.04 Å². The molecular weight excluding hydrogens is 203 g/mol. The second-order valence-corrected chi connectivity index (χ2v) is 3.38. The van der Waals surface area contributed by atoms with E-state index in [-0.39, 0.29) is 11.6 Å². The maximum absolute atomic E-state index is 13.3. The first-order valence-corrected chi connectivity index (χ1v) is 5.01. The molecule has 1 aromatic rings. The minimum Gasteiger partial charge on any atom is -0.300 e. The van der Waals surface area contributed by atoms with Gasteiger partial charge in [0.15, 0.2) is 0 Å². The number of nitriles is 1. The van der Waals surface area contributed by atoms with Gasteiger partial charge in [-0.15, -0.1) is 5.92 Å². The molecule has 1 rings (SSSR count). The maximum Gasteiger partial charge on any atom is 0.141 e. The Morgan fingerprint density at radius 3 is 2.81 bits per heavy atom. The van der Waals surface area contributed by atoms with E-state index in [2.05, 4.69) is 17.2 Å². The van der Waals surface area contributed by atoms with Crippen LogP contribution >= 0.6 is 0 Å². The molecule has 0 aliphatic carbocycles. The first kappa shape index (κ1) is 12.2. The van der Waals surface area contributed by atoms with Crippen LogP contribution in [0.1, 0.15) is 31.0 Å². The Labute approximate surface area is 95.1 Å². The Kier molecular flexibility index (Phi) is 4.51. The summed E-state index contributed by atoms with van der Waals surface area (Å²) >= 11 is 0. The average Bonchev–Trinajstić information content (AvgIpc) is 2.29. The Morgan fingerprint density at radius 2 is 2.25 bits per heavy atom. The van der Waals surface area contributed by atoms with E-state index in [1.54, 1.807) is 19.1 Å². The van der Waals surface area contributed by atoms with Crippen LogP contribution in [0.2, 0.25) is 0 Å². The van der Waals surface area contributed by atoms with Crippen molar-refractivity contribution in [2.75, 3.05) is 6.54 Å². The van der Waals surface area contributed by atoms with Crippen molar-refractivity contribution < 1.29 is 4.39 Å². The van der Waals surface area contributed by atoms with Gasteiger partial charge >= 0.3 is 0 Å². The lowest BCUT2D eigenvalue weighted by molar-refractivity contribution is 0.595. The van der Waals surface area contributed by atoms with Gasteiger partial charge in [-0.25, -0.2) is 4.39 Å². The molecule has 0 fully saturated rings. The van der Waals surface area contributed by atoms with E-state index in [1.165, 1.54) is 12.1 Å². The summed E-state index contributed by atoms with van der Waals surface area (Å²) in [6.07, 6.45) is 0. The molecule has 1 atom stereocenters. The SMILES string of the molecule is CC#CCNC(C)c1ccc(C#N)c(F)c1. The van der Waals surface area contributed by atoms with Crippen molar-refractivity contribution in [2.24, 2.45) is 0 Å². The standard InChI is InChI=1S/C13H13FN2/c1-3-4-7-16-10(2)11-5-6-12(9-15)13(14)8-11/h5-6,8,10,16H,7H2,1-2H3. The maximum atomic E-state index is 13.3. The van der Waals surface area contributed by atoms with Crippen LogP contribution in [0.4, 0.5) is 4.39 Å². The summed E-state index contributed by atoms with van der Waals surface area (Å²) in [5, 5.41) is 11.7. The molecule has 0 saturated heterocycles. The Balaban J connectivity index is 2.76. The predicted molar refractivity (Wildman–Crippen MR) is 61.0 cm³/mol. The van der Waals surface area contributed by atoms with Gasteiger partial charge in [0.2, 0.25) is 0 Å². The monoisotopic (exact) mass is 216 g/mol. The molecule has 2 nitrogen and oxygen atoms in total. The first-order chi connectivity index (χ1) is 7.69. The van der Waals surface area contributed by atoms with E-state index in [0.29, 0.717) is 6.54 Å². The molecule has 0 aliphatic heterocycles. The van der Waals surface area contributed by atoms with E-state index in [9.17, 15) is 4.39 Å². The van der Waals surface area contributed by atoms with Crippen molar-refractivity contribution in [3.8, 4) is 17.9 Å². The molecule has 0 bridgehead atoms. The van der Waals surface area contributed by atoms with Gasteiger partial charge in [-0.05, 0) is 31.5 Å². The number of halogens is 1. The molecule has 16 heavy (non-hydrogen) atoms. The second kappa shape index (κ2) is 5.90. The summed E-state index contributed by atoms with van der Waals surface area (Å²) in [6, 6.07) is 6.44. The van der Waals surface area contributed by atoms with Crippen LogP contribution in [-0.2, 0) is 0 Å². The van der Waals surface area contributed by atoms with Gasteiger partial charge in [0.05, 0.1) is 12.1 Å². The zero-order chi connectivity index (χ0) is 12.0. The van der Waals surface area contributed by atoms with Crippen LogP contribution < -0.4 is 5.32 Å². The fourth-order valence-electron chi connectivity index (χ4n) is 1.30. The number of nitrogens with zero attached hydrogens (tertiary/aromatic N) is 1. The van der Waals surface area contributed by atoms with Crippen LogP contribution in [0, 0.1) is 29.0 Å². The number of benzene rings is 1. The van der Waals surface area contributed by atoms with Gasteiger partial charge in [-0.2, -0.15) is 5.26 Å². The topological polar surface area (TPSA) is 35.8 Å². The van der Waals surface area contributed by atoms with Gasteiger partial charge in [-0.3, -0.25) is 5.32 Å². The molecular formula is C13H13FN2. The second-order valence-electron chi connectivity index (χ2n) is 3.38. The molecule has 3 heteroatoms. The number of rotatable bonds is 3. The van der Waals surface area contributed by atoms with Crippen LogP contribution in [0.15, 0.2) is 18.2 Å². The van der Waals surface area contributed by atoms with E-state index in [0.717, 1.165) is 5.56 Å². The van der Waals surface area contributed by atoms with Crippen LogP contribution in [0.25, 0.3) is 0 Å².